The second-order valence-electron chi connectivity index (χ2n) is 5.08. The Morgan fingerprint density at radius 2 is 1.85 bits per heavy atom. The van der Waals surface area contributed by atoms with Crippen molar-refractivity contribution in [2.45, 2.75) is 26.3 Å². The number of ether oxygens (including phenoxy) is 1. The van der Waals surface area contributed by atoms with Gasteiger partial charge >= 0.3 is 0 Å². The summed E-state index contributed by atoms with van der Waals surface area (Å²) in [5.41, 5.74) is 2.67. The maximum atomic E-state index is 13.8. The number of nitrogens with one attached hydrogen (secondary N) is 1. The van der Waals surface area contributed by atoms with Gasteiger partial charge in [0, 0.05) is 6.04 Å². The molecule has 2 rings (SSSR count). The minimum absolute atomic E-state index is 0.153. The van der Waals surface area contributed by atoms with Crippen molar-refractivity contribution in [3.63, 3.8) is 0 Å². The summed E-state index contributed by atoms with van der Waals surface area (Å²) < 4.78 is 18.9. The molecule has 20 heavy (non-hydrogen) atoms. The molecule has 0 aliphatic carbocycles. The Hall–Kier alpha value is -2.03. The zero-order valence-corrected chi connectivity index (χ0v) is 12.1. The van der Waals surface area contributed by atoms with Crippen LogP contribution < -0.4 is 10.1 Å². The van der Waals surface area contributed by atoms with E-state index in [1.165, 1.54) is 5.56 Å². The van der Waals surface area contributed by atoms with E-state index >= 15 is 0 Å². The van der Waals surface area contributed by atoms with Gasteiger partial charge in [-0.1, -0.05) is 18.2 Å². The van der Waals surface area contributed by atoms with Crippen molar-refractivity contribution in [1.82, 2.24) is 0 Å². The molecular formula is C17H20FNO. The molecule has 2 nitrogen and oxygen atoms in total. The molecule has 0 fully saturated rings. The Kier molecular flexibility index (Phi) is 4.61. The van der Waals surface area contributed by atoms with Crippen molar-refractivity contribution in [1.29, 1.82) is 0 Å². The van der Waals surface area contributed by atoms with Gasteiger partial charge in [0.15, 0.2) is 0 Å². The fraction of sp³-hybridized carbons (Fsp3) is 0.294. The van der Waals surface area contributed by atoms with E-state index in [0.717, 1.165) is 17.7 Å². The molecule has 0 aromatic heterocycles. The Morgan fingerprint density at radius 3 is 2.45 bits per heavy atom. The summed E-state index contributed by atoms with van der Waals surface area (Å²) in [6, 6.07) is 13.3. The first-order chi connectivity index (χ1) is 9.58. The summed E-state index contributed by atoms with van der Waals surface area (Å²) >= 11 is 0. The van der Waals surface area contributed by atoms with Crippen LogP contribution in [0.25, 0.3) is 0 Å². The molecule has 0 radical (unpaired) electrons. The van der Waals surface area contributed by atoms with E-state index in [2.05, 4.69) is 5.32 Å². The fourth-order valence-electron chi connectivity index (χ4n) is 2.17. The zero-order chi connectivity index (χ0) is 14.5. The second kappa shape index (κ2) is 6.42. The maximum Gasteiger partial charge on any atom is 0.146 e. The van der Waals surface area contributed by atoms with Gasteiger partial charge in [-0.15, -0.1) is 0 Å². The van der Waals surface area contributed by atoms with Gasteiger partial charge < -0.3 is 10.1 Å². The highest BCUT2D eigenvalue weighted by Crippen LogP contribution is 2.18. The number of aryl methyl sites for hydroxylation is 1. The molecule has 3 heteroatoms. The van der Waals surface area contributed by atoms with Crippen LogP contribution in [-0.4, -0.2) is 13.2 Å². The van der Waals surface area contributed by atoms with Gasteiger partial charge in [-0.05, 0) is 55.7 Å². The largest absolute Gasteiger partial charge is 0.497 e. The van der Waals surface area contributed by atoms with Crippen LogP contribution >= 0.6 is 0 Å². The van der Waals surface area contributed by atoms with Crippen molar-refractivity contribution >= 4 is 5.69 Å². The second-order valence-corrected chi connectivity index (χ2v) is 5.08. The van der Waals surface area contributed by atoms with Gasteiger partial charge in [0.25, 0.3) is 0 Å². The van der Waals surface area contributed by atoms with E-state index in [0.29, 0.717) is 5.69 Å². The number of anilines is 1. The monoisotopic (exact) mass is 273 g/mol. The average Bonchev–Trinajstić information content (AvgIpc) is 2.43. The lowest BCUT2D eigenvalue weighted by Crippen LogP contribution is -2.18. The molecule has 0 aliphatic rings. The number of benzene rings is 2. The third kappa shape index (κ3) is 3.73. The Labute approximate surface area is 119 Å². The summed E-state index contributed by atoms with van der Waals surface area (Å²) in [6.45, 7) is 3.93. The third-order valence-corrected chi connectivity index (χ3v) is 3.23. The first-order valence-corrected chi connectivity index (χ1v) is 6.74. The third-order valence-electron chi connectivity index (χ3n) is 3.23. The van der Waals surface area contributed by atoms with Crippen LogP contribution in [0.4, 0.5) is 10.1 Å². The van der Waals surface area contributed by atoms with Crippen molar-refractivity contribution < 1.29 is 9.13 Å². The smallest absolute Gasteiger partial charge is 0.146 e. The number of rotatable bonds is 5. The van der Waals surface area contributed by atoms with Gasteiger partial charge in [0.2, 0.25) is 0 Å². The number of hydrogen-bond acceptors (Lipinski definition) is 2. The molecule has 0 heterocycles. The van der Waals surface area contributed by atoms with Gasteiger partial charge in [0.05, 0.1) is 12.8 Å². The molecule has 1 atom stereocenters. The normalized spacial score (nSPS) is 12.0. The van der Waals surface area contributed by atoms with E-state index in [1.807, 2.05) is 44.2 Å². The molecule has 106 valence electrons. The first kappa shape index (κ1) is 14.4. The summed E-state index contributed by atoms with van der Waals surface area (Å²) in [5.74, 6) is 0.644. The lowest BCUT2D eigenvalue weighted by Gasteiger charge is -2.16. The van der Waals surface area contributed by atoms with Crippen LogP contribution in [0.5, 0.6) is 5.75 Å². The van der Waals surface area contributed by atoms with Gasteiger partial charge in [0.1, 0.15) is 11.6 Å². The summed E-state index contributed by atoms with van der Waals surface area (Å²) in [5, 5.41) is 3.21. The van der Waals surface area contributed by atoms with Crippen molar-refractivity contribution in [2.75, 3.05) is 12.4 Å². The standard InChI is InChI=1S/C17H20FNO/c1-12-4-9-17(16(18)10-12)19-13(2)11-14-5-7-15(20-3)8-6-14/h4-10,13,19H,11H2,1-3H3. The van der Waals surface area contributed by atoms with Crippen LogP contribution in [0.1, 0.15) is 18.1 Å². The summed E-state index contributed by atoms with van der Waals surface area (Å²) in [4.78, 5) is 0. The predicted octanol–water partition coefficient (Wildman–Crippen LogP) is 4.19. The minimum Gasteiger partial charge on any atom is -0.497 e. The fourth-order valence-corrected chi connectivity index (χ4v) is 2.17. The van der Waals surface area contributed by atoms with Crippen LogP contribution in [-0.2, 0) is 6.42 Å². The van der Waals surface area contributed by atoms with Gasteiger partial charge in [-0.25, -0.2) is 4.39 Å². The number of hydrogen-bond donors (Lipinski definition) is 1. The zero-order valence-electron chi connectivity index (χ0n) is 12.1. The Balaban J connectivity index is 1.99. The van der Waals surface area contributed by atoms with Crippen molar-refractivity contribution in [3.8, 4) is 5.75 Å². The topological polar surface area (TPSA) is 21.3 Å². The molecule has 0 amide bonds. The maximum absolute atomic E-state index is 13.8. The molecular weight excluding hydrogens is 253 g/mol. The first-order valence-electron chi connectivity index (χ1n) is 6.74. The van der Waals surface area contributed by atoms with E-state index < -0.39 is 0 Å². The van der Waals surface area contributed by atoms with Crippen molar-refractivity contribution in [3.05, 3.63) is 59.4 Å². The minimum atomic E-state index is -0.202. The van der Waals surface area contributed by atoms with Crippen LogP contribution in [0.15, 0.2) is 42.5 Å². The SMILES string of the molecule is COc1ccc(CC(C)Nc2ccc(C)cc2F)cc1. The lowest BCUT2D eigenvalue weighted by molar-refractivity contribution is 0.414. The molecule has 1 unspecified atom stereocenters. The van der Waals surface area contributed by atoms with E-state index in [9.17, 15) is 4.39 Å². The average molecular weight is 273 g/mol. The highest BCUT2D eigenvalue weighted by atomic mass is 19.1. The van der Waals surface area contributed by atoms with E-state index in [4.69, 9.17) is 4.74 Å². The van der Waals surface area contributed by atoms with Crippen LogP contribution in [0, 0.1) is 12.7 Å². The van der Waals surface area contributed by atoms with Gasteiger partial charge in [-0.3, -0.25) is 0 Å². The molecule has 0 bridgehead atoms. The number of methoxy groups -OCH3 is 1. The Morgan fingerprint density at radius 1 is 1.15 bits per heavy atom. The molecule has 0 saturated carbocycles. The van der Waals surface area contributed by atoms with Crippen LogP contribution in [0.2, 0.25) is 0 Å². The number of halogens is 1. The molecule has 1 N–H and O–H groups in total. The quantitative estimate of drug-likeness (QED) is 0.882. The molecule has 0 spiro atoms. The van der Waals surface area contributed by atoms with E-state index in [-0.39, 0.29) is 11.9 Å². The predicted molar refractivity (Wildman–Crippen MR) is 80.9 cm³/mol. The molecule has 0 saturated heterocycles. The van der Waals surface area contributed by atoms with E-state index in [1.54, 1.807) is 19.2 Å². The highest BCUT2D eigenvalue weighted by Gasteiger charge is 2.07. The summed E-state index contributed by atoms with van der Waals surface area (Å²) in [6.07, 6.45) is 0.831. The summed E-state index contributed by atoms with van der Waals surface area (Å²) in [7, 11) is 1.65. The molecule has 0 aliphatic heterocycles. The molecule has 2 aromatic carbocycles. The Bertz CT molecular complexity index is 566. The highest BCUT2D eigenvalue weighted by molar-refractivity contribution is 5.47. The van der Waals surface area contributed by atoms with Crippen LogP contribution in [0.3, 0.4) is 0 Å². The van der Waals surface area contributed by atoms with Crippen molar-refractivity contribution in [2.24, 2.45) is 0 Å². The lowest BCUT2D eigenvalue weighted by atomic mass is 10.1. The molecule has 2 aromatic rings. The van der Waals surface area contributed by atoms with Gasteiger partial charge in [-0.2, -0.15) is 0 Å².